The quantitative estimate of drug-likeness (QED) is 0.339. The molecule has 0 aromatic heterocycles. The lowest BCUT2D eigenvalue weighted by atomic mass is 9.71. The zero-order valence-electron chi connectivity index (χ0n) is 19.6. The Labute approximate surface area is 204 Å². The normalized spacial score (nSPS) is 17.8. The van der Waals surface area contributed by atoms with Crippen LogP contribution in [-0.2, 0) is 0 Å². The monoisotopic (exact) mass is 462 g/mol. The molecule has 0 unspecified atom stereocenters. The van der Waals surface area contributed by atoms with Crippen LogP contribution in [0.15, 0.2) is 97.1 Å². The van der Waals surface area contributed by atoms with E-state index in [-0.39, 0.29) is 22.9 Å². The molecule has 1 aliphatic heterocycles. The SMILES string of the molecule is Cc1ccc(O)c(C(=O)[C@H](c2ccccc2)[C@H]2C(=O)c3cc(C)ccc3O[C@@H]2c2ccccc2)c1. The molecular weight excluding hydrogens is 436 g/mol. The lowest BCUT2D eigenvalue weighted by molar-refractivity contribution is 0.0547. The number of carbonyl (C=O) groups excluding carboxylic acids is 2. The van der Waals surface area contributed by atoms with Gasteiger partial charge in [0, 0.05) is 0 Å². The predicted molar refractivity (Wildman–Crippen MR) is 135 cm³/mol. The van der Waals surface area contributed by atoms with E-state index < -0.39 is 17.9 Å². The number of rotatable bonds is 5. The van der Waals surface area contributed by atoms with E-state index in [2.05, 4.69) is 0 Å². The van der Waals surface area contributed by atoms with Crippen LogP contribution in [0.4, 0.5) is 0 Å². The van der Waals surface area contributed by atoms with Gasteiger partial charge < -0.3 is 9.84 Å². The fourth-order valence-electron chi connectivity index (χ4n) is 4.91. The standard InChI is InChI=1S/C31H26O4/c1-19-13-15-25(32)23(17-19)29(33)27(21-9-5-3-6-10-21)28-30(34)24-18-20(2)14-16-26(24)35-31(28)22-11-7-4-8-12-22/h3-18,27-28,31-32H,1-2H3/t27-,28+,31-/m1/s1. The molecule has 4 aromatic carbocycles. The Morgan fingerprint density at radius 2 is 1.46 bits per heavy atom. The molecule has 4 aromatic rings. The highest BCUT2D eigenvalue weighted by Gasteiger charge is 2.46. The van der Waals surface area contributed by atoms with E-state index in [9.17, 15) is 14.7 Å². The van der Waals surface area contributed by atoms with Gasteiger partial charge in [0.05, 0.1) is 23.0 Å². The molecule has 1 N–H and O–H groups in total. The summed E-state index contributed by atoms with van der Waals surface area (Å²) in [6, 6.07) is 29.4. The van der Waals surface area contributed by atoms with Crippen molar-refractivity contribution < 1.29 is 19.4 Å². The van der Waals surface area contributed by atoms with E-state index in [1.807, 2.05) is 92.7 Å². The van der Waals surface area contributed by atoms with Gasteiger partial charge in [0.2, 0.25) is 0 Å². The molecule has 4 heteroatoms. The number of phenolic OH excluding ortho intramolecular Hbond substituents is 1. The Morgan fingerprint density at radius 3 is 2.17 bits per heavy atom. The molecule has 174 valence electrons. The van der Waals surface area contributed by atoms with Crippen molar-refractivity contribution in [3.63, 3.8) is 0 Å². The Hall–Kier alpha value is -4.18. The average Bonchev–Trinajstić information content (AvgIpc) is 2.88. The van der Waals surface area contributed by atoms with Crippen LogP contribution in [0, 0.1) is 19.8 Å². The van der Waals surface area contributed by atoms with Crippen molar-refractivity contribution in [2.24, 2.45) is 5.92 Å². The molecule has 0 radical (unpaired) electrons. The molecule has 0 spiro atoms. The van der Waals surface area contributed by atoms with Crippen molar-refractivity contribution in [3.05, 3.63) is 130 Å². The molecule has 35 heavy (non-hydrogen) atoms. The summed E-state index contributed by atoms with van der Waals surface area (Å²) < 4.78 is 6.46. The number of ether oxygens (including phenoxy) is 1. The highest BCUT2D eigenvalue weighted by atomic mass is 16.5. The second-order valence-electron chi connectivity index (χ2n) is 9.11. The number of phenols is 1. The summed E-state index contributed by atoms with van der Waals surface area (Å²) in [5.41, 5.74) is 4.00. The second-order valence-corrected chi connectivity index (χ2v) is 9.11. The molecule has 0 bridgehead atoms. The highest BCUT2D eigenvalue weighted by molar-refractivity contribution is 6.10. The highest BCUT2D eigenvalue weighted by Crippen LogP contribution is 2.47. The Balaban J connectivity index is 1.73. The number of benzene rings is 4. The van der Waals surface area contributed by atoms with Crippen LogP contribution >= 0.6 is 0 Å². The molecule has 4 nitrogen and oxygen atoms in total. The first kappa shape index (κ1) is 22.6. The van der Waals surface area contributed by atoms with Crippen molar-refractivity contribution in [2.75, 3.05) is 0 Å². The minimum Gasteiger partial charge on any atom is -0.507 e. The first-order valence-electron chi connectivity index (χ1n) is 11.7. The third kappa shape index (κ3) is 4.24. The summed E-state index contributed by atoms with van der Waals surface area (Å²) in [5.74, 6) is -1.70. The van der Waals surface area contributed by atoms with Gasteiger partial charge in [0.15, 0.2) is 11.6 Å². The Kier molecular flexibility index (Phi) is 5.96. The van der Waals surface area contributed by atoms with Gasteiger partial charge in [-0.2, -0.15) is 0 Å². The predicted octanol–water partition coefficient (Wildman–Crippen LogP) is 6.61. The number of Topliss-reactive ketones (excluding diaryl/α,β-unsaturated/α-hetero) is 2. The fourth-order valence-corrected chi connectivity index (χ4v) is 4.91. The van der Waals surface area contributed by atoms with E-state index in [4.69, 9.17) is 4.74 Å². The van der Waals surface area contributed by atoms with Crippen molar-refractivity contribution >= 4 is 11.6 Å². The number of ketones is 2. The third-order valence-corrected chi connectivity index (χ3v) is 6.63. The number of hydrogen-bond donors (Lipinski definition) is 1. The van der Waals surface area contributed by atoms with Crippen LogP contribution in [0.1, 0.15) is 55.0 Å². The summed E-state index contributed by atoms with van der Waals surface area (Å²) in [7, 11) is 0. The van der Waals surface area contributed by atoms with E-state index in [1.165, 1.54) is 6.07 Å². The molecule has 0 aliphatic carbocycles. The molecule has 3 atom stereocenters. The van der Waals surface area contributed by atoms with Crippen molar-refractivity contribution in [1.82, 2.24) is 0 Å². The molecule has 0 saturated heterocycles. The van der Waals surface area contributed by atoms with Gasteiger partial charge in [-0.25, -0.2) is 0 Å². The summed E-state index contributed by atoms with van der Waals surface area (Å²) >= 11 is 0. The molecular formula is C31H26O4. The molecule has 1 heterocycles. The van der Waals surface area contributed by atoms with Crippen molar-refractivity contribution in [3.8, 4) is 11.5 Å². The smallest absolute Gasteiger partial charge is 0.174 e. The van der Waals surface area contributed by atoms with Gasteiger partial charge in [0.1, 0.15) is 17.6 Å². The van der Waals surface area contributed by atoms with Crippen molar-refractivity contribution in [1.29, 1.82) is 0 Å². The number of fused-ring (bicyclic) bond motifs is 1. The topological polar surface area (TPSA) is 63.6 Å². The Morgan fingerprint density at radius 1 is 0.829 bits per heavy atom. The summed E-state index contributed by atoms with van der Waals surface area (Å²) in [5, 5.41) is 10.6. The second kappa shape index (κ2) is 9.22. The molecule has 0 amide bonds. The van der Waals surface area contributed by atoms with Crippen LogP contribution in [-0.4, -0.2) is 16.7 Å². The summed E-state index contributed by atoms with van der Waals surface area (Å²) in [6.07, 6.45) is -0.667. The maximum Gasteiger partial charge on any atom is 0.174 e. The summed E-state index contributed by atoms with van der Waals surface area (Å²) in [4.78, 5) is 28.3. The van der Waals surface area contributed by atoms with Crippen molar-refractivity contribution in [2.45, 2.75) is 25.9 Å². The van der Waals surface area contributed by atoms with Crippen LogP contribution in [0.25, 0.3) is 0 Å². The molecule has 5 rings (SSSR count). The van der Waals surface area contributed by atoms with E-state index in [0.717, 1.165) is 16.7 Å². The Bertz CT molecular complexity index is 1390. The number of hydrogen-bond acceptors (Lipinski definition) is 4. The van der Waals surface area contributed by atoms with Gasteiger partial charge in [-0.05, 0) is 49.2 Å². The first-order valence-corrected chi connectivity index (χ1v) is 11.7. The number of aryl methyl sites for hydroxylation is 2. The molecule has 0 fully saturated rings. The van der Waals surface area contributed by atoms with Crippen LogP contribution < -0.4 is 4.74 Å². The number of aromatic hydroxyl groups is 1. The van der Waals surface area contributed by atoms with Gasteiger partial charge in [-0.15, -0.1) is 0 Å². The maximum atomic E-state index is 14.2. The minimum atomic E-state index is -0.852. The van der Waals surface area contributed by atoms with E-state index >= 15 is 0 Å². The van der Waals surface area contributed by atoms with Crippen LogP contribution in [0.5, 0.6) is 11.5 Å². The first-order chi connectivity index (χ1) is 16.9. The van der Waals surface area contributed by atoms with E-state index in [0.29, 0.717) is 16.9 Å². The lowest BCUT2D eigenvalue weighted by Gasteiger charge is -2.37. The average molecular weight is 463 g/mol. The van der Waals surface area contributed by atoms with Gasteiger partial charge in [0.25, 0.3) is 0 Å². The van der Waals surface area contributed by atoms with Crippen LogP contribution in [0.3, 0.4) is 0 Å². The largest absolute Gasteiger partial charge is 0.507 e. The zero-order chi connectivity index (χ0) is 24.5. The molecule has 0 saturated carbocycles. The lowest BCUT2D eigenvalue weighted by Crippen LogP contribution is -2.39. The van der Waals surface area contributed by atoms with Gasteiger partial charge in [-0.1, -0.05) is 83.9 Å². The van der Waals surface area contributed by atoms with Gasteiger partial charge >= 0.3 is 0 Å². The number of carbonyl (C=O) groups is 2. The fraction of sp³-hybridized carbons (Fsp3) is 0.161. The summed E-state index contributed by atoms with van der Waals surface area (Å²) in [6.45, 7) is 3.80. The van der Waals surface area contributed by atoms with Crippen LogP contribution in [0.2, 0.25) is 0 Å². The molecule has 1 aliphatic rings. The minimum absolute atomic E-state index is 0.0989. The van der Waals surface area contributed by atoms with E-state index in [1.54, 1.807) is 12.1 Å². The maximum absolute atomic E-state index is 14.2. The zero-order valence-corrected chi connectivity index (χ0v) is 19.6. The van der Waals surface area contributed by atoms with Gasteiger partial charge in [-0.3, -0.25) is 9.59 Å². The third-order valence-electron chi connectivity index (χ3n) is 6.63.